The van der Waals surface area contributed by atoms with E-state index in [1.807, 2.05) is 4.90 Å². The molecule has 2 saturated heterocycles. The highest BCUT2D eigenvalue weighted by atomic mass is 16.3. The van der Waals surface area contributed by atoms with Crippen LogP contribution in [0.3, 0.4) is 0 Å². The Balaban J connectivity index is 1.66. The van der Waals surface area contributed by atoms with Crippen molar-refractivity contribution in [1.29, 1.82) is 0 Å². The van der Waals surface area contributed by atoms with Gasteiger partial charge >= 0.3 is 0 Å². The molecule has 2 N–H and O–H groups in total. The molecule has 3 aliphatic rings. The van der Waals surface area contributed by atoms with Crippen LogP contribution in [0, 0.1) is 11.8 Å². The van der Waals surface area contributed by atoms with Gasteiger partial charge in [0.15, 0.2) is 0 Å². The molecule has 2 aliphatic heterocycles. The van der Waals surface area contributed by atoms with Gasteiger partial charge in [0.25, 0.3) is 0 Å². The van der Waals surface area contributed by atoms with E-state index in [1.54, 1.807) is 0 Å². The number of hydrogen-bond donors (Lipinski definition) is 2. The molecule has 3 unspecified atom stereocenters. The summed E-state index contributed by atoms with van der Waals surface area (Å²) >= 11 is 0. The van der Waals surface area contributed by atoms with Gasteiger partial charge in [-0.3, -0.25) is 4.79 Å². The van der Waals surface area contributed by atoms with Crippen LogP contribution in [-0.4, -0.2) is 47.7 Å². The van der Waals surface area contributed by atoms with Gasteiger partial charge < -0.3 is 15.3 Å². The number of carbonyl (C=O) groups excluding carboxylic acids is 1. The summed E-state index contributed by atoms with van der Waals surface area (Å²) in [7, 11) is 0. The summed E-state index contributed by atoms with van der Waals surface area (Å²) in [6, 6.07) is 0.0472. The summed E-state index contributed by atoms with van der Waals surface area (Å²) in [5.74, 6) is 0.923. The van der Waals surface area contributed by atoms with Crippen molar-refractivity contribution in [2.75, 3.05) is 19.6 Å². The lowest BCUT2D eigenvalue weighted by atomic mass is 9.75. The molecule has 2 heterocycles. The minimum absolute atomic E-state index is 0.0472. The van der Waals surface area contributed by atoms with Crippen molar-refractivity contribution >= 4 is 5.91 Å². The monoisotopic (exact) mass is 238 g/mol. The van der Waals surface area contributed by atoms with Gasteiger partial charge in [-0.2, -0.15) is 0 Å². The van der Waals surface area contributed by atoms with Crippen molar-refractivity contribution in [1.82, 2.24) is 10.2 Å². The molecule has 0 radical (unpaired) electrons. The molecule has 1 amide bonds. The maximum absolute atomic E-state index is 12.3. The first-order valence-corrected chi connectivity index (χ1v) is 6.96. The van der Waals surface area contributed by atoms with Crippen LogP contribution in [-0.2, 0) is 4.79 Å². The van der Waals surface area contributed by atoms with Crippen molar-refractivity contribution in [3.05, 3.63) is 0 Å². The maximum atomic E-state index is 12.3. The van der Waals surface area contributed by atoms with Crippen molar-refractivity contribution in [2.24, 2.45) is 11.8 Å². The fourth-order valence-corrected chi connectivity index (χ4v) is 3.70. The summed E-state index contributed by atoms with van der Waals surface area (Å²) in [4.78, 5) is 14.3. The molecule has 17 heavy (non-hydrogen) atoms. The predicted molar refractivity (Wildman–Crippen MR) is 64.4 cm³/mol. The summed E-state index contributed by atoms with van der Waals surface area (Å²) in [5.41, 5.74) is 0. The molecule has 1 aliphatic carbocycles. The second-order valence-corrected chi connectivity index (χ2v) is 5.83. The number of nitrogens with zero attached hydrogens (tertiary/aromatic N) is 1. The van der Waals surface area contributed by atoms with E-state index in [-0.39, 0.29) is 18.1 Å². The number of likely N-dealkylation sites (tertiary alicyclic amines) is 1. The number of piperidine rings is 1. The largest absolute Gasteiger partial charge is 0.392 e. The lowest BCUT2D eigenvalue weighted by molar-refractivity contribution is -0.141. The second kappa shape index (κ2) is 4.58. The van der Waals surface area contributed by atoms with Gasteiger partial charge in [0.1, 0.15) is 0 Å². The summed E-state index contributed by atoms with van der Waals surface area (Å²) in [5, 5.41) is 13.4. The molecule has 96 valence electrons. The van der Waals surface area contributed by atoms with Crippen molar-refractivity contribution < 1.29 is 9.90 Å². The van der Waals surface area contributed by atoms with Gasteiger partial charge in [0.2, 0.25) is 5.91 Å². The molecule has 3 rings (SSSR count). The third-order valence-corrected chi connectivity index (χ3v) is 4.70. The standard InChI is InChI=1S/C13H22N2O2/c16-12-9-3-1-4-10(12)8-15(7-9)13(17)11-5-2-6-14-11/h9-12,14,16H,1-8H2. The number of fused-ring (bicyclic) bond motifs is 2. The Hall–Kier alpha value is -0.610. The lowest BCUT2D eigenvalue weighted by Gasteiger charge is -2.45. The van der Waals surface area contributed by atoms with Crippen LogP contribution in [0.25, 0.3) is 0 Å². The summed E-state index contributed by atoms with van der Waals surface area (Å²) in [6.07, 6.45) is 5.31. The van der Waals surface area contributed by atoms with Crippen molar-refractivity contribution in [2.45, 2.75) is 44.2 Å². The highest BCUT2D eigenvalue weighted by molar-refractivity contribution is 5.82. The molecule has 1 saturated carbocycles. The van der Waals surface area contributed by atoms with Crippen molar-refractivity contribution in [3.8, 4) is 0 Å². The highest BCUT2D eigenvalue weighted by Gasteiger charge is 2.41. The Labute approximate surface area is 102 Å². The molecule has 0 aromatic rings. The molecule has 2 bridgehead atoms. The fourth-order valence-electron chi connectivity index (χ4n) is 3.70. The first kappa shape index (κ1) is 11.5. The Morgan fingerprint density at radius 1 is 1.12 bits per heavy atom. The Morgan fingerprint density at radius 3 is 2.41 bits per heavy atom. The van der Waals surface area contributed by atoms with Gasteiger partial charge in [-0.25, -0.2) is 0 Å². The number of carbonyl (C=O) groups is 1. The molecule has 4 heteroatoms. The SMILES string of the molecule is O=C(C1CCCN1)N1CC2CCCC(C1)C2O. The summed E-state index contributed by atoms with van der Waals surface area (Å²) < 4.78 is 0. The molecule has 4 nitrogen and oxygen atoms in total. The fraction of sp³-hybridized carbons (Fsp3) is 0.923. The zero-order chi connectivity index (χ0) is 11.8. The first-order valence-electron chi connectivity index (χ1n) is 6.96. The van der Waals surface area contributed by atoms with Gasteiger partial charge in [-0.05, 0) is 32.2 Å². The third kappa shape index (κ3) is 2.08. The van der Waals surface area contributed by atoms with E-state index >= 15 is 0 Å². The van der Waals surface area contributed by atoms with Gasteiger partial charge in [0, 0.05) is 24.9 Å². The van der Waals surface area contributed by atoms with Crippen LogP contribution in [0.2, 0.25) is 0 Å². The van der Waals surface area contributed by atoms with Gasteiger partial charge in [-0.1, -0.05) is 6.42 Å². The molecule has 0 aromatic heterocycles. The topological polar surface area (TPSA) is 52.6 Å². The predicted octanol–water partition coefficient (Wildman–Crippen LogP) is 0.358. The van der Waals surface area contributed by atoms with E-state index < -0.39 is 0 Å². The van der Waals surface area contributed by atoms with Crippen LogP contribution in [0.1, 0.15) is 32.1 Å². The Kier molecular flexibility index (Phi) is 3.09. The molecule has 3 atom stereocenters. The Bertz CT molecular complexity index is 288. The van der Waals surface area contributed by atoms with E-state index in [0.717, 1.165) is 45.3 Å². The average Bonchev–Trinajstić information content (AvgIpc) is 2.81. The quantitative estimate of drug-likeness (QED) is 0.693. The van der Waals surface area contributed by atoms with E-state index in [4.69, 9.17) is 0 Å². The van der Waals surface area contributed by atoms with E-state index in [9.17, 15) is 9.90 Å². The number of aliphatic hydroxyl groups is 1. The van der Waals surface area contributed by atoms with Gasteiger partial charge in [0.05, 0.1) is 12.1 Å². The molecule has 0 aromatic carbocycles. The van der Waals surface area contributed by atoms with Crippen molar-refractivity contribution in [3.63, 3.8) is 0 Å². The third-order valence-electron chi connectivity index (χ3n) is 4.70. The van der Waals surface area contributed by atoms with Crippen LogP contribution in [0.4, 0.5) is 0 Å². The molecule has 3 fully saturated rings. The normalized spacial score (nSPS) is 41.6. The minimum Gasteiger partial charge on any atom is -0.392 e. The number of amides is 1. The van der Waals surface area contributed by atoms with Crippen LogP contribution in [0.15, 0.2) is 0 Å². The molecular weight excluding hydrogens is 216 g/mol. The van der Waals surface area contributed by atoms with E-state index in [1.165, 1.54) is 6.42 Å². The first-order chi connectivity index (χ1) is 8.25. The highest BCUT2D eigenvalue weighted by Crippen LogP contribution is 2.35. The van der Waals surface area contributed by atoms with Crippen LogP contribution >= 0.6 is 0 Å². The second-order valence-electron chi connectivity index (χ2n) is 5.83. The zero-order valence-electron chi connectivity index (χ0n) is 10.3. The number of nitrogens with one attached hydrogen (secondary N) is 1. The number of rotatable bonds is 1. The van der Waals surface area contributed by atoms with Crippen LogP contribution < -0.4 is 5.32 Å². The molecule has 0 spiro atoms. The average molecular weight is 238 g/mol. The van der Waals surface area contributed by atoms with Crippen LogP contribution in [0.5, 0.6) is 0 Å². The van der Waals surface area contributed by atoms with E-state index in [0.29, 0.717) is 11.8 Å². The zero-order valence-corrected chi connectivity index (χ0v) is 10.3. The lowest BCUT2D eigenvalue weighted by Crippen LogP contribution is -2.56. The van der Waals surface area contributed by atoms with E-state index in [2.05, 4.69) is 5.32 Å². The smallest absolute Gasteiger partial charge is 0.239 e. The Morgan fingerprint density at radius 2 is 1.82 bits per heavy atom. The maximum Gasteiger partial charge on any atom is 0.239 e. The summed E-state index contributed by atoms with van der Waals surface area (Å²) in [6.45, 7) is 2.52. The molecular formula is C13H22N2O2. The van der Waals surface area contributed by atoms with Gasteiger partial charge in [-0.15, -0.1) is 0 Å². The number of hydrogen-bond acceptors (Lipinski definition) is 3. The number of aliphatic hydroxyl groups excluding tert-OH is 1. The minimum atomic E-state index is -0.163.